The fourth-order valence-electron chi connectivity index (χ4n) is 2.84. The van der Waals surface area contributed by atoms with Gasteiger partial charge in [-0.3, -0.25) is 9.59 Å². The van der Waals surface area contributed by atoms with Crippen LogP contribution in [0, 0.1) is 11.3 Å². The van der Waals surface area contributed by atoms with Crippen molar-refractivity contribution in [3.05, 3.63) is 94.5 Å². The maximum atomic E-state index is 12.6. The number of amides is 2. The summed E-state index contributed by atoms with van der Waals surface area (Å²) < 4.78 is 5.89. The number of halogens is 1. The molecule has 0 aromatic heterocycles. The van der Waals surface area contributed by atoms with E-state index in [0.29, 0.717) is 27.7 Å². The lowest BCUT2D eigenvalue weighted by atomic mass is 10.1. The molecule has 6 nitrogen and oxygen atoms in total. The number of hydrogen-bond donors (Lipinski definition) is 2. The van der Waals surface area contributed by atoms with Crippen LogP contribution < -0.4 is 15.4 Å². The van der Waals surface area contributed by atoms with E-state index in [1.54, 1.807) is 48.5 Å². The predicted octanol–water partition coefficient (Wildman–Crippen LogP) is 5.42. The quantitative estimate of drug-likeness (QED) is 0.375. The highest BCUT2D eigenvalue weighted by Crippen LogP contribution is 2.24. The summed E-state index contributed by atoms with van der Waals surface area (Å²) in [5, 5.41) is 15.5. The third-order valence-electron chi connectivity index (χ3n) is 4.39. The second-order valence-electron chi connectivity index (χ2n) is 6.80. The highest BCUT2D eigenvalue weighted by molar-refractivity contribution is 6.31. The number of para-hydroxylation sites is 1. The highest BCUT2D eigenvalue weighted by atomic mass is 35.5. The van der Waals surface area contributed by atoms with Gasteiger partial charge in [-0.1, -0.05) is 48.0 Å². The Morgan fingerprint density at radius 3 is 2.25 bits per heavy atom. The molecule has 0 aliphatic heterocycles. The van der Waals surface area contributed by atoms with E-state index in [1.165, 1.54) is 13.0 Å². The van der Waals surface area contributed by atoms with Crippen LogP contribution in [-0.2, 0) is 16.2 Å². The zero-order valence-corrected chi connectivity index (χ0v) is 18.0. The van der Waals surface area contributed by atoms with Crippen LogP contribution in [-0.4, -0.2) is 11.8 Å². The first-order chi connectivity index (χ1) is 15.5. The van der Waals surface area contributed by atoms with E-state index in [2.05, 4.69) is 10.6 Å². The van der Waals surface area contributed by atoms with Crippen molar-refractivity contribution in [1.29, 1.82) is 5.26 Å². The van der Waals surface area contributed by atoms with Gasteiger partial charge in [-0.2, -0.15) is 5.26 Å². The summed E-state index contributed by atoms with van der Waals surface area (Å²) in [7, 11) is 0. The van der Waals surface area contributed by atoms with Crippen LogP contribution in [0.1, 0.15) is 18.1 Å². The van der Waals surface area contributed by atoms with Gasteiger partial charge in [-0.05, 0) is 42.5 Å². The average molecular weight is 446 g/mol. The van der Waals surface area contributed by atoms with Crippen molar-refractivity contribution < 1.29 is 14.3 Å². The lowest BCUT2D eigenvalue weighted by Gasteiger charge is -2.11. The second-order valence-corrected chi connectivity index (χ2v) is 7.21. The molecule has 0 saturated heterocycles. The van der Waals surface area contributed by atoms with E-state index in [0.717, 1.165) is 5.56 Å². The summed E-state index contributed by atoms with van der Waals surface area (Å²) in [4.78, 5) is 23.7. The maximum Gasteiger partial charge on any atom is 0.266 e. The molecule has 7 heteroatoms. The molecule has 3 aromatic carbocycles. The molecule has 0 bridgehead atoms. The molecule has 0 aliphatic rings. The van der Waals surface area contributed by atoms with Crippen LogP contribution in [0.3, 0.4) is 0 Å². The summed E-state index contributed by atoms with van der Waals surface area (Å²) in [5.41, 5.74) is 2.44. The Balaban J connectivity index is 1.74. The number of carbonyl (C=O) groups excluding carboxylic acids is 2. The van der Waals surface area contributed by atoms with Crippen molar-refractivity contribution in [3.8, 4) is 11.8 Å². The van der Waals surface area contributed by atoms with Crippen molar-refractivity contribution in [2.75, 3.05) is 10.6 Å². The minimum Gasteiger partial charge on any atom is -0.488 e. The van der Waals surface area contributed by atoms with Gasteiger partial charge in [0.1, 0.15) is 24.0 Å². The number of hydrogen-bond acceptors (Lipinski definition) is 4. The van der Waals surface area contributed by atoms with Gasteiger partial charge < -0.3 is 15.4 Å². The van der Waals surface area contributed by atoms with Crippen molar-refractivity contribution in [2.45, 2.75) is 13.5 Å². The third-order valence-corrected chi connectivity index (χ3v) is 4.76. The fraction of sp³-hybridized carbons (Fsp3) is 0.0800. The monoisotopic (exact) mass is 445 g/mol. The SMILES string of the molecule is CC(=O)Nc1ccc(NC(=O)C(C#N)=Cc2ccccc2OCc2ccccc2Cl)cc1. The van der Waals surface area contributed by atoms with Gasteiger partial charge in [-0.15, -0.1) is 0 Å². The standard InChI is InChI=1S/C25H20ClN3O3/c1-17(30)28-21-10-12-22(13-11-21)29-25(31)20(15-27)14-18-6-3-5-9-24(18)32-16-19-7-2-4-8-23(19)26/h2-14H,16H2,1H3,(H,28,30)(H,29,31). The van der Waals surface area contributed by atoms with Gasteiger partial charge in [0.05, 0.1) is 0 Å². The molecular weight excluding hydrogens is 426 g/mol. The zero-order chi connectivity index (χ0) is 22.9. The molecule has 160 valence electrons. The topological polar surface area (TPSA) is 91.2 Å². The lowest BCUT2D eigenvalue weighted by Crippen LogP contribution is -2.13. The van der Waals surface area contributed by atoms with E-state index in [-0.39, 0.29) is 18.1 Å². The molecule has 0 radical (unpaired) electrons. The van der Waals surface area contributed by atoms with Gasteiger partial charge in [0.2, 0.25) is 5.91 Å². The molecule has 0 unspecified atom stereocenters. The van der Waals surface area contributed by atoms with Gasteiger partial charge in [0, 0.05) is 34.4 Å². The number of nitrogens with zero attached hydrogens (tertiary/aromatic N) is 1. The van der Waals surface area contributed by atoms with E-state index in [9.17, 15) is 14.9 Å². The number of nitriles is 1. The Morgan fingerprint density at radius 1 is 0.969 bits per heavy atom. The van der Waals surface area contributed by atoms with Crippen LogP contribution in [0.4, 0.5) is 11.4 Å². The smallest absolute Gasteiger partial charge is 0.266 e. The van der Waals surface area contributed by atoms with E-state index in [1.807, 2.05) is 30.3 Å². The molecule has 0 fully saturated rings. The number of rotatable bonds is 7. The van der Waals surface area contributed by atoms with Gasteiger partial charge in [0.25, 0.3) is 5.91 Å². The minimum absolute atomic E-state index is 0.0790. The molecule has 0 atom stereocenters. The first-order valence-electron chi connectivity index (χ1n) is 9.72. The van der Waals surface area contributed by atoms with Gasteiger partial charge >= 0.3 is 0 Å². The molecule has 0 heterocycles. The average Bonchev–Trinajstić information content (AvgIpc) is 2.78. The van der Waals surface area contributed by atoms with E-state index < -0.39 is 5.91 Å². The summed E-state index contributed by atoms with van der Waals surface area (Å²) in [6.07, 6.45) is 1.48. The van der Waals surface area contributed by atoms with Crippen LogP contribution in [0.15, 0.2) is 78.4 Å². The Kier molecular flexibility index (Phi) is 7.63. The van der Waals surface area contributed by atoms with Crippen LogP contribution in [0.5, 0.6) is 5.75 Å². The van der Waals surface area contributed by atoms with Crippen molar-refractivity contribution in [3.63, 3.8) is 0 Å². The maximum absolute atomic E-state index is 12.6. The minimum atomic E-state index is -0.555. The fourth-order valence-corrected chi connectivity index (χ4v) is 3.04. The molecule has 0 spiro atoms. The molecule has 2 amide bonds. The first-order valence-corrected chi connectivity index (χ1v) is 10.1. The molecule has 3 aromatic rings. The summed E-state index contributed by atoms with van der Waals surface area (Å²) >= 11 is 6.18. The second kappa shape index (κ2) is 10.8. The zero-order valence-electron chi connectivity index (χ0n) is 17.3. The highest BCUT2D eigenvalue weighted by Gasteiger charge is 2.12. The number of carbonyl (C=O) groups is 2. The number of anilines is 2. The van der Waals surface area contributed by atoms with E-state index in [4.69, 9.17) is 16.3 Å². The third kappa shape index (κ3) is 6.21. The summed E-state index contributed by atoms with van der Waals surface area (Å²) in [6, 6.07) is 23.0. The normalized spacial score (nSPS) is 10.7. The number of ether oxygens (including phenoxy) is 1. The van der Waals surface area contributed by atoms with Crippen LogP contribution >= 0.6 is 11.6 Å². The molecule has 0 saturated carbocycles. The summed E-state index contributed by atoms with van der Waals surface area (Å²) in [6.45, 7) is 1.66. The van der Waals surface area contributed by atoms with Gasteiger partial charge in [0.15, 0.2) is 0 Å². The predicted molar refractivity (Wildman–Crippen MR) is 125 cm³/mol. The van der Waals surface area contributed by atoms with Crippen molar-refractivity contribution in [2.24, 2.45) is 0 Å². The summed E-state index contributed by atoms with van der Waals surface area (Å²) in [5.74, 6) is -0.222. The van der Waals surface area contributed by atoms with Crippen molar-refractivity contribution >= 4 is 40.9 Å². The Labute approximate surface area is 191 Å². The van der Waals surface area contributed by atoms with Crippen molar-refractivity contribution in [1.82, 2.24) is 0 Å². The van der Waals surface area contributed by atoms with Crippen LogP contribution in [0.25, 0.3) is 6.08 Å². The van der Waals surface area contributed by atoms with E-state index >= 15 is 0 Å². The Bertz CT molecular complexity index is 1200. The molecule has 32 heavy (non-hydrogen) atoms. The molecular formula is C25H20ClN3O3. The number of nitrogens with one attached hydrogen (secondary N) is 2. The molecule has 2 N–H and O–H groups in total. The Morgan fingerprint density at radius 2 is 1.59 bits per heavy atom. The molecule has 3 rings (SSSR count). The van der Waals surface area contributed by atoms with Gasteiger partial charge in [-0.25, -0.2) is 0 Å². The first kappa shape index (κ1) is 22.6. The number of benzene rings is 3. The largest absolute Gasteiger partial charge is 0.488 e. The van der Waals surface area contributed by atoms with Crippen LogP contribution in [0.2, 0.25) is 5.02 Å². The lowest BCUT2D eigenvalue weighted by molar-refractivity contribution is -0.114. The molecule has 0 aliphatic carbocycles. The Hall–Kier alpha value is -4.08.